The van der Waals surface area contributed by atoms with Gasteiger partial charge in [-0.3, -0.25) is 9.59 Å². The van der Waals surface area contributed by atoms with Crippen LogP contribution in [0.15, 0.2) is 23.3 Å². The maximum absolute atomic E-state index is 14.3. The molecule has 4 rings (SSSR count). The third-order valence-electron chi connectivity index (χ3n) is 8.77. The van der Waals surface area contributed by atoms with Crippen LogP contribution in [0.25, 0.3) is 0 Å². The number of fused-ring (bicyclic) bond motifs is 3. The van der Waals surface area contributed by atoms with Gasteiger partial charge in [0.1, 0.15) is 6.10 Å². The quantitative estimate of drug-likeness (QED) is 0.505. The van der Waals surface area contributed by atoms with Crippen LogP contribution in [-0.2, 0) is 14.3 Å². The number of rotatable bonds is 1. The van der Waals surface area contributed by atoms with Crippen molar-refractivity contribution in [1.29, 1.82) is 0 Å². The van der Waals surface area contributed by atoms with Crippen molar-refractivity contribution in [1.82, 2.24) is 0 Å². The first-order valence-electron chi connectivity index (χ1n) is 11.1. The number of hydrogen-bond acceptors (Lipinski definition) is 5. The van der Waals surface area contributed by atoms with Crippen LogP contribution in [0.4, 0.5) is 0 Å². The second kappa shape index (κ2) is 6.07. The molecular formula is C25H36O5. The van der Waals surface area contributed by atoms with Crippen molar-refractivity contribution in [3.8, 4) is 0 Å². The van der Waals surface area contributed by atoms with E-state index < -0.39 is 34.6 Å². The fraction of sp³-hybridized carbons (Fsp3) is 0.760. The summed E-state index contributed by atoms with van der Waals surface area (Å²) in [6.07, 6.45) is 2.20. The number of carbonyl (C=O) groups excluding carboxylic acids is 2. The highest BCUT2D eigenvalue weighted by molar-refractivity contribution is 5.95. The van der Waals surface area contributed by atoms with Crippen molar-refractivity contribution >= 4 is 11.8 Å². The minimum atomic E-state index is -1.92. The molecule has 5 heteroatoms. The van der Waals surface area contributed by atoms with E-state index in [0.717, 1.165) is 6.42 Å². The van der Waals surface area contributed by atoms with Gasteiger partial charge in [0.2, 0.25) is 0 Å². The number of ketones is 1. The number of carbonyl (C=O) groups is 2. The van der Waals surface area contributed by atoms with E-state index in [-0.39, 0.29) is 29.0 Å². The Morgan fingerprint density at radius 2 is 1.87 bits per heavy atom. The number of aliphatic hydroxyl groups is 2. The summed E-state index contributed by atoms with van der Waals surface area (Å²) < 4.78 is 5.59. The molecule has 2 saturated carbocycles. The van der Waals surface area contributed by atoms with Gasteiger partial charge in [0, 0.05) is 12.8 Å². The lowest BCUT2D eigenvalue weighted by Crippen LogP contribution is -2.66. The SMILES string of the molecule is CC(=O)O[C@H]1C(C)=C[C@]23C(=O)[C@@H](C=C(C(C)(C)C)[C@@H](O)[C@]12O)[C@H]1[C@@H](C[C@H]3C)C1(C)C. The second-order valence-electron chi connectivity index (χ2n) is 11.8. The molecule has 0 aliphatic heterocycles. The molecule has 0 aromatic heterocycles. The van der Waals surface area contributed by atoms with E-state index in [2.05, 4.69) is 13.8 Å². The first-order chi connectivity index (χ1) is 13.6. The summed E-state index contributed by atoms with van der Waals surface area (Å²) in [6, 6.07) is 0. The van der Waals surface area contributed by atoms with Crippen molar-refractivity contribution < 1.29 is 24.5 Å². The van der Waals surface area contributed by atoms with E-state index in [9.17, 15) is 19.8 Å². The number of Topliss-reactive ketones (excluding diaryl/α,β-unsaturated/α-hetero) is 1. The van der Waals surface area contributed by atoms with Crippen molar-refractivity contribution in [3.63, 3.8) is 0 Å². The summed E-state index contributed by atoms with van der Waals surface area (Å²) in [5, 5.41) is 24.0. The molecule has 0 aromatic rings. The molecular weight excluding hydrogens is 380 g/mol. The predicted molar refractivity (Wildman–Crippen MR) is 113 cm³/mol. The highest BCUT2D eigenvalue weighted by atomic mass is 16.6. The van der Waals surface area contributed by atoms with Crippen LogP contribution >= 0.6 is 0 Å². The molecule has 0 amide bonds. The van der Waals surface area contributed by atoms with Gasteiger partial charge in [0.05, 0.1) is 5.41 Å². The summed E-state index contributed by atoms with van der Waals surface area (Å²) in [5.41, 5.74) is -2.33. The fourth-order valence-corrected chi connectivity index (χ4v) is 7.20. The Kier molecular flexibility index (Phi) is 4.40. The molecule has 8 atom stereocenters. The maximum atomic E-state index is 14.3. The van der Waals surface area contributed by atoms with Gasteiger partial charge in [0.15, 0.2) is 17.5 Å². The molecule has 0 heterocycles. The van der Waals surface area contributed by atoms with Gasteiger partial charge in [-0.1, -0.05) is 53.7 Å². The summed E-state index contributed by atoms with van der Waals surface area (Å²) in [5.74, 6) is -0.548. The van der Waals surface area contributed by atoms with E-state index in [1.807, 2.05) is 39.8 Å². The van der Waals surface area contributed by atoms with Crippen LogP contribution in [0.1, 0.15) is 61.8 Å². The molecule has 30 heavy (non-hydrogen) atoms. The van der Waals surface area contributed by atoms with E-state index in [0.29, 0.717) is 17.1 Å². The molecule has 2 N–H and O–H groups in total. The molecule has 0 unspecified atom stereocenters. The normalized spacial score (nSPS) is 46.7. The number of allylic oxidation sites excluding steroid dienone is 1. The van der Waals surface area contributed by atoms with Gasteiger partial charge in [-0.25, -0.2) is 0 Å². The first-order valence-corrected chi connectivity index (χ1v) is 11.1. The van der Waals surface area contributed by atoms with Gasteiger partial charge in [-0.15, -0.1) is 0 Å². The zero-order valence-corrected chi connectivity index (χ0v) is 19.4. The lowest BCUT2D eigenvalue weighted by atomic mass is 9.58. The van der Waals surface area contributed by atoms with Crippen LogP contribution < -0.4 is 0 Å². The monoisotopic (exact) mass is 416 g/mol. The van der Waals surface area contributed by atoms with Crippen molar-refractivity contribution in [2.45, 2.75) is 79.6 Å². The van der Waals surface area contributed by atoms with Crippen molar-refractivity contribution in [2.75, 3.05) is 0 Å². The molecule has 0 saturated heterocycles. The Labute approximate surface area is 179 Å². The molecule has 2 fully saturated rings. The third kappa shape index (κ3) is 2.42. The Bertz CT molecular complexity index is 874. The maximum Gasteiger partial charge on any atom is 0.303 e. The zero-order chi connectivity index (χ0) is 22.6. The summed E-state index contributed by atoms with van der Waals surface area (Å²) in [4.78, 5) is 26.2. The van der Waals surface area contributed by atoms with Crippen LogP contribution in [0.2, 0.25) is 0 Å². The fourth-order valence-electron chi connectivity index (χ4n) is 7.20. The van der Waals surface area contributed by atoms with Gasteiger partial charge < -0.3 is 14.9 Å². The highest BCUT2D eigenvalue weighted by Gasteiger charge is 2.76. The third-order valence-corrected chi connectivity index (χ3v) is 8.77. The standard InChI is InChI=1S/C25H36O5/c1-12-11-24-13(2)9-16-18(23(16,7)8)15(19(24)27)10-17(22(4,5)6)20(28)25(24,29)21(12)30-14(3)26/h10-11,13,15-16,18,20-21,28-29H,9H2,1-8H3/t13-,15+,16-,18+,20-,21+,24+,25+/m1/s1. The van der Waals surface area contributed by atoms with Crippen molar-refractivity contribution in [3.05, 3.63) is 23.3 Å². The lowest BCUT2D eigenvalue weighted by molar-refractivity contribution is -0.203. The molecule has 2 bridgehead atoms. The summed E-state index contributed by atoms with van der Waals surface area (Å²) in [7, 11) is 0. The van der Waals surface area contributed by atoms with E-state index in [4.69, 9.17) is 4.74 Å². The Balaban J connectivity index is 2.01. The predicted octanol–water partition coefficient (Wildman–Crippen LogP) is 3.44. The molecule has 5 nitrogen and oxygen atoms in total. The summed E-state index contributed by atoms with van der Waals surface area (Å²) in [6.45, 7) is 15.5. The Morgan fingerprint density at radius 3 is 2.40 bits per heavy atom. The molecule has 1 spiro atoms. The van der Waals surface area contributed by atoms with Crippen molar-refractivity contribution in [2.24, 2.45) is 39.9 Å². The number of hydrogen-bond donors (Lipinski definition) is 2. The summed E-state index contributed by atoms with van der Waals surface area (Å²) >= 11 is 0. The average Bonchev–Trinajstić information content (AvgIpc) is 3.09. The first kappa shape index (κ1) is 21.8. The topological polar surface area (TPSA) is 83.8 Å². The van der Waals surface area contributed by atoms with Gasteiger partial charge in [-0.2, -0.15) is 0 Å². The number of esters is 1. The zero-order valence-electron chi connectivity index (χ0n) is 19.4. The molecule has 4 aliphatic carbocycles. The van der Waals surface area contributed by atoms with Crippen LogP contribution in [-0.4, -0.2) is 39.8 Å². The minimum absolute atomic E-state index is 0.0390. The van der Waals surface area contributed by atoms with Crippen LogP contribution in [0.5, 0.6) is 0 Å². The smallest absolute Gasteiger partial charge is 0.303 e. The Morgan fingerprint density at radius 1 is 1.27 bits per heavy atom. The number of aliphatic hydroxyl groups excluding tert-OH is 1. The van der Waals surface area contributed by atoms with Crippen LogP contribution in [0, 0.1) is 39.9 Å². The van der Waals surface area contributed by atoms with Gasteiger partial charge in [-0.05, 0) is 53.1 Å². The molecule has 0 aromatic carbocycles. The minimum Gasteiger partial charge on any atom is -0.455 e. The number of ether oxygens (including phenoxy) is 1. The second-order valence-corrected chi connectivity index (χ2v) is 11.8. The highest BCUT2D eigenvalue weighted by Crippen LogP contribution is 2.72. The molecule has 0 radical (unpaired) electrons. The van der Waals surface area contributed by atoms with E-state index >= 15 is 0 Å². The van der Waals surface area contributed by atoms with E-state index in [1.165, 1.54) is 6.92 Å². The molecule has 166 valence electrons. The largest absolute Gasteiger partial charge is 0.455 e. The van der Waals surface area contributed by atoms with Gasteiger partial charge in [0.25, 0.3) is 0 Å². The van der Waals surface area contributed by atoms with E-state index in [1.54, 1.807) is 6.92 Å². The Hall–Kier alpha value is -1.46. The average molecular weight is 417 g/mol. The molecule has 4 aliphatic rings. The lowest BCUT2D eigenvalue weighted by Gasteiger charge is -2.49. The van der Waals surface area contributed by atoms with Gasteiger partial charge >= 0.3 is 5.97 Å². The van der Waals surface area contributed by atoms with Crippen LogP contribution in [0.3, 0.4) is 0 Å².